The number of aliphatic hydroxyl groups excluding tert-OH is 1. The Bertz CT molecular complexity index is 124. The number of rotatable bonds is 2. The predicted molar refractivity (Wildman–Crippen MR) is 23.5 cm³/mol. The van der Waals surface area contributed by atoms with Gasteiger partial charge in [-0.15, -0.1) is 0 Å². The number of aliphatic hydroxyl groups is 1. The van der Waals surface area contributed by atoms with Crippen molar-refractivity contribution in [2.24, 2.45) is 0 Å². The summed E-state index contributed by atoms with van der Waals surface area (Å²) in [5.74, 6) is 0. The summed E-state index contributed by atoms with van der Waals surface area (Å²) in [4.78, 5) is 8.58. The quantitative estimate of drug-likeness (QED) is 0.387. The third-order valence-electron chi connectivity index (χ3n) is 0.292. The molecule has 4 heteroatoms. The van der Waals surface area contributed by atoms with Crippen LogP contribution in [-0.4, -0.2) is 22.6 Å². The first-order chi connectivity index (χ1) is 3.89. The van der Waals surface area contributed by atoms with Gasteiger partial charge in [0.15, 0.2) is 0 Å². The van der Waals surface area contributed by atoms with Gasteiger partial charge in [0.25, 0.3) is 0 Å². The van der Waals surface area contributed by atoms with Gasteiger partial charge in [-0.2, -0.15) is 0 Å². The molecule has 1 atom stereocenters. The van der Waals surface area contributed by atoms with Gasteiger partial charge in [-0.25, -0.2) is 0 Å². The standard InChI is InChI=1S/C3H7NO3/c1-3(5)2-4(6)7/h3,5H,2H2,1H3/i2D2. The van der Waals surface area contributed by atoms with Crippen LogP contribution in [0.15, 0.2) is 0 Å². The summed E-state index contributed by atoms with van der Waals surface area (Å²) in [6.45, 7) is -1.69. The highest BCUT2D eigenvalue weighted by atomic mass is 16.6. The molecule has 0 aliphatic rings. The zero-order valence-electron chi connectivity index (χ0n) is 5.79. The second kappa shape index (κ2) is 2.52. The molecule has 0 radical (unpaired) electrons. The third-order valence-corrected chi connectivity index (χ3v) is 0.292. The van der Waals surface area contributed by atoms with E-state index in [1.54, 1.807) is 0 Å². The van der Waals surface area contributed by atoms with E-state index in [1.165, 1.54) is 0 Å². The van der Waals surface area contributed by atoms with Crippen LogP contribution in [0.25, 0.3) is 0 Å². The van der Waals surface area contributed by atoms with E-state index in [9.17, 15) is 10.1 Å². The highest BCUT2D eigenvalue weighted by Gasteiger charge is 2.01. The van der Waals surface area contributed by atoms with Crippen LogP contribution >= 0.6 is 0 Å². The van der Waals surface area contributed by atoms with Crippen LogP contribution in [0.3, 0.4) is 0 Å². The summed E-state index contributed by atoms with van der Waals surface area (Å²) in [6.07, 6.45) is -1.58. The van der Waals surface area contributed by atoms with E-state index in [0.29, 0.717) is 0 Å². The lowest BCUT2D eigenvalue weighted by Crippen LogP contribution is -2.14. The molecule has 0 aromatic carbocycles. The Kier molecular flexibility index (Phi) is 1.21. The summed E-state index contributed by atoms with van der Waals surface area (Å²) < 4.78 is 13.1. The van der Waals surface area contributed by atoms with Gasteiger partial charge in [0.05, 0.1) is 0 Å². The molecule has 0 aromatic heterocycles. The maximum atomic E-state index is 9.73. The van der Waals surface area contributed by atoms with Crippen molar-refractivity contribution in [3.63, 3.8) is 0 Å². The van der Waals surface area contributed by atoms with E-state index in [1.807, 2.05) is 0 Å². The van der Waals surface area contributed by atoms with Crippen LogP contribution in [0.5, 0.6) is 0 Å². The van der Waals surface area contributed by atoms with E-state index >= 15 is 0 Å². The molecule has 4 nitrogen and oxygen atoms in total. The summed E-state index contributed by atoms with van der Waals surface area (Å²) in [6, 6.07) is 0. The minimum Gasteiger partial charge on any atom is -0.387 e. The number of hydrogen-bond donors (Lipinski definition) is 1. The molecule has 1 unspecified atom stereocenters. The van der Waals surface area contributed by atoms with E-state index in [-0.39, 0.29) is 0 Å². The zero-order chi connectivity index (χ0) is 7.65. The Morgan fingerprint density at radius 1 is 2.29 bits per heavy atom. The van der Waals surface area contributed by atoms with Gasteiger partial charge in [-0.3, -0.25) is 10.1 Å². The molecule has 0 saturated carbocycles. The van der Waals surface area contributed by atoms with Crippen molar-refractivity contribution in [1.82, 2.24) is 0 Å². The Balaban J connectivity index is 4.19. The molecule has 42 valence electrons. The van der Waals surface area contributed by atoms with Gasteiger partial charge < -0.3 is 5.11 Å². The first-order valence-electron chi connectivity index (χ1n) is 2.71. The van der Waals surface area contributed by atoms with Gasteiger partial charge in [-0.1, -0.05) is 0 Å². The van der Waals surface area contributed by atoms with E-state index in [4.69, 9.17) is 7.85 Å². The summed E-state index contributed by atoms with van der Waals surface area (Å²) in [5.41, 5.74) is 0. The predicted octanol–water partition coefficient (Wildman–Crippen LogP) is -0.356. The fourth-order valence-electron chi connectivity index (χ4n) is 0.153. The van der Waals surface area contributed by atoms with Crippen LogP contribution in [-0.2, 0) is 0 Å². The average Bonchev–Trinajstić information content (AvgIpc) is 1.65. The van der Waals surface area contributed by atoms with Gasteiger partial charge in [0, 0.05) is 4.92 Å². The van der Waals surface area contributed by atoms with Crippen molar-refractivity contribution >= 4 is 0 Å². The molecule has 0 spiro atoms. The fourth-order valence-corrected chi connectivity index (χ4v) is 0.153. The maximum absolute atomic E-state index is 9.73. The van der Waals surface area contributed by atoms with Crippen LogP contribution in [0, 0.1) is 10.1 Å². The molecule has 1 N–H and O–H groups in total. The molecule has 0 heterocycles. The lowest BCUT2D eigenvalue weighted by atomic mass is 10.4. The summed E-state index contributed by atoms with van der Waals surface area (Å²) in [5, 5.41) is 18.2. The first kappa shape index (κ1) is 3.37. The van der Waals surface area contributed by atoms with Crippen molar-refractivity contribution in [2.45, 2.75) is 13.0 Å². The molecule has 0 bridgehead atoms. The average molecular weight is 107 g/mol. The SMILES string of the molecule is [2H]C([2H])(C(C)O)[N+](=O)[O-]. The molecule has 0 aliphatic carbocycles. The van der Waals surface area contributed by atoms with E-state index in [2.05, 4.69) is 0 Å². The lowest BCUT2D eigenvalue weighted by molar-refractivity contribution is -0.489. The van der Waals surface area contributed by atoms with E-state index in [0.717, 1.165) is 6.92 Å². The Labute approximate surface area is 43.7 Å². The third kappa shape index (κ3) is 5.36. The highest BCUT2D eigenvalue weighted by molar-refractivity contribution is 4.37. The minimum absolute atomic E-state index is 1.03. The monoisotopic (exact) mass is 107 g/mol. The molecule has 0 aromatic rings. The topological polar surface area (TPSA) is 63.4 Å². The second-order valence-corrected chi connectivity index (χ2v) is 1.06. The first-order valence-corrected chi connectivity index (χ1v) is 1.71. The Morgan fingerprint density at radius 2 is 2.71 bits per heavy atom. The Morgan fingerprint density at radius 3 is 2.71 bits per heavy atom. The zero-order valence-corrected chi connectivity index (χ0v) is 3.79. The second-order valence-electron chi connectivity index (χ2n) is 1.06. The van der Waals surface area contributed by atoms with Crippen LogP contribution in [0.1, 0.15) is 9.67 Å². The van der Waals surface area contributed by atoms with Crippen LogP contribution in [0.4, 0.5) is 0 Å². The molecule has 0 amide bonds. The van der Waals surface area contributed by atoms with Gasteiger partial charge in [0.2, 0.25) is 6.50 Å². The van der Waals surface area contributed by atoms with Crippen LogP contribution < -0.4 is 0 Å². The Hall–Kier alpha value is -0.640. The fraction of sp³-hybridized carbons (Fsp3) is 1.00. The molecule has 0 aliphatic heterocycles. The summed E-state index contributed by atoms with van der Waals surface area (Å²) >= 11 is 0. The number of hydrogen-bond acceptors (Lipinski definition) is 3. The molecular formula is C3H7NO3. The number of nitrogens with zero attached hydrogens (tertiary/aromatic N) is 1. The number of nitro groups is 1. The smallest absolute Gasteiger partial charge is 0.229 e. The van der Waals surface area contributed by atoms with E-state index < -0.39 is 17.5 Å². The van der Waals surface area contributed by atoms with Crippen molar-refractivity contribution in [1.29, 1.82) is 0 Å². The van der Waals surface area contributed by atoms with Crippen molar-refractivity contribution in [3.8, 4) is 0 Å². The molecule has 7 heavy (non-hydrogen) atoms. The van der Waals surface area contributed by atoms with Crippen LogP contribution in [0.2, 0.25) is 0 Å². The largest absolute Gasteiger partial charge is 0.387 e. The van der Waals surface area contributed by atoms with Crippen molar-refractivity contribution in [3.05, 3.63) is 10.1 Å². The van der Waals surface area contributed by atoms with Gasteiger partial charge in [-0.05, 0) is 6.92 Å². The molecule has 0 fully saturated rings. The van der Waals surface area contributed by atoms with Crippen molar-refractivity contribution in [2.75, 3.05) is 6.50 Å². The molecule has 0 rings (SSSR count). The normalized spacial score (nSPS) is 19.7. The lowest BCUT2D eigenvalue weighted by Gasteiger charge is -1.92. The highest BCUT2D eigenvalue weighted by Crippen LogP contribution is 1.77. The van der Waals surface area contributed by atoms with Crippen molar-refractivity contribution < 1.29 is 12.8 Å². The molecular weight excluding hydrogens is 98.0 g/mol. The summed E-state index contributed by atoms with van der Waals surface area (Å²) in [7, 11) is 0. The molecule has 0 saturated heterocycles. The van der Waals surface area contributed by atoms with Gasteiger partial charge in [0.1, 0.15) is 8.85 Å². The maximum Gasteiger partial charge on any atom is 0.229 e. The van der Waals surface area contributed by atoms with Gasteiger partial charge >= 0.3 is 0 Å². The minimum atomic E-state index is -2.72.